The Hall–Kier alpha value is -3.84. The van der Waals surface area contributed by atoms with E-state index in [4.69, 9.17) is 0 Å². The van der Waals surface area contributed by atoms with Crippen molar-refractivity contribution in [1.82, 2.24) is 0 Å². The Morgan fingerprint density at radius 1 is 0.667 bits per heavy atom. The Balaban J connectivity index is 1.31. The van der Waals surface area contributed by atoms with Gasteiger partial charge in [-0.1, -0.05) is 96.6 Å². The molecule has 0 bridgehead atoms. The van der Waals surface area contributed by atoms with E-state index >= 15 is 0 Å². The molecule has 4 aromatic carbocycles. The predicted octanol–water partition coefficient (Wildman–Crippen LogP) is 10.6. The molecule has 2 radical (unpaired) electrons. The normalized spacial score (nSPS) is 16.2. The molecule has 0 aliphatic heterocycles. The average molecular weight is 589 g/mol. The molecule has 0 fully saturated rings. The van der Waals surface area contributed by atoms with E-state index in [-0.39, 0.29) is 5.92 Å². The Bertz CT molecular complexity index is 1690. The van der Waals surface area contributed by atoms with Crippen LogP contribution in [-0.2, 0) is 18.8 Å². The highest BCUT2D eigenvalue weighted by atomic mass is 28.2. The maximum Gasteiger partial charge on any atom is 0.416 e. The standard InChI is InChI=1S/C35H26F6Si/c1-2-5-30-29-9-4-8-28(22-12-16-25(17-13-22)35(39,40)41)32(29)20-33(30)42-26-18-23-6-3-7-27(31(23)19-26)21-10-14-24(15-11-21)34(36,37)38/h3-4,6-17,19-20,30H,2,5,18H2,1H3. The number of hydrogen-bond acceptors (Lipinski definition) is 0. The summed E-state index contributed by atoms with van der Waals surface area (Å²) < 4.78 is 78.7. The first kappa shape index (κ1) is 28.3. The zero-order chi connectivity index (χ0) is 29.6. The lowest BCUT2D eigenvalue weighted by atomic mass is 9.91. The molecule has 2 aliphatic carbocycles. The Morgan fingerprint density at radius 3 is 1.76 bits per heavy atom. The molecule has 0 N–H and O–H groups in total. The van der Waals surface area contributed by atoms with Gasteiger partial charge >= 0.3 is 12.4 Å². The van der Waals surface area contributed by atoms with E-state index in [9.17, 15) is 26.3 Å². The molecule has 4 aromatic rings. The minimum absolute atomic E-state index is 0.233. The largest absolute Gasteiger partial charge is 0.416 e. The molecule has 0 heterocycles. The van der Waals surface area contributed by atoms with E-state index in [0.717, 1.165) is 82.5 Å². The van der Waals surface area contributed by atoms with Crippen molar-refractivity contribution in [1.29, 1.82) is 0 Å². The molecule has 0 saturated carbocycles. The van der Waals surface area contributed by atoms with Crippen LogP contribution in [0.2, 0.25) is 0 Å². The topological polar surface area (TPSA) is 0 Å². The number of rotatable bonds is 6. The van der Waals surface area contributed by atoms with Crippen molar-refractivity contribution in [2.45, 2.75) is 44.5 Å². The van der Waals surface area contributed by atoms with Gasteiger partial charge in [0.25, 0.3) is 0 Å². The fraction of sp³-hybridized carbons (Fsp3) is 0.200. The molecular formula is C35H26F6Si. The Kier molecular flexibility index (Phi) is 7.25. The van der Waals surface area contributed by atoms with Crippen LogP contribution in [-0.4, -0.2) is 9.52 Å². The van der Waals surface area contributed by atoms with Crippen molar-refractivity contribution in [3.8, 4) is 22.3 Å². The van der Waals surface area contributed by atoms with E-state index in [1.165, 1.54) is 28.1 Å². The first-order chi connectivity index (χ1) is 20.0. The van der Waals surface area contributed by atoms with Gasteiger partial charge in [-0.05, 0) is 81.6 Å². The van der Waals surface area contributed by atoms with Gasteiger partial charge in [-0.25, -0.2) is 0 Å². The quantitative estimate of drug-likeness (QED) is 0.155. The second kappa shape index (κ2) is 10.8. The van der Waals surface area contributed by atoms with Crippen molar-refractivity contribution in [3.63, 3.8) is 0 Å². The molecular weight excluding hydrogens is 562 g/mol. The number of fused-ring (bicyclic) bond motifs is 2. The molecule has 2 aliphatic rings. The van der Waals surface area contributed by atoms with E-state index in [0.29, 0.717) is 9.52 Å². The zero-order valence-electron chi connectivity index (χ0n) is 22.7. The summed E-state index contributed by atoms with van der Waals surface area (Å²) in [4.78, 5) is 0. The number of halogens is 6. The summed E-state index contributed by atoms with van der Waals surface area (Å²) in [5.74, 6) is 0.233. The van der Waals surface area contributed by atoms with Crippen molar-refractivity contribution in [2.75, 3.05) is 0 Å². The van der Waals surface area contributed by atoms with E-state index < -0.39 is 23.5 Å². The summed E-state index contributed by atoms with van der Waals surface area (Å²) in [6.45, 7) is 2.15. The van der Waals surface area contributed by atoms with Gasteiger partial charge < -0.3 is 0 Å². The van der Waals surface area contributed by atoms with Gasteiger partial charge in [-0.3, -0.25) is 0 Å². The van der Waals surface area contributed by atoms with Gasteiger partial charge in [0.2, 0.25) is 0 Å². The van der Waals surface area contributed by atoms with Crippen LogP contribution in [0.5, 0.6) is 0 Å². The van der Waals surface area contributed by atoms with Crippen LogP contribution in [0.25, 0.3) is 34.4 Å². The van der Waals surface area contributed by atoms with Crippen LogP contribution in [0, 0.1) is 0 Å². The van der Waals surface area contributed by atoms with Crippen LogP contribution >= 0.6 is 0 Å². The summed E-state index contributed by atoms with van der Waals surface area (Å²) in [7, 11) is 0.436. The van der Waals surface area contributed by atoms with Gasteiger partial charge in [0, 0.05) is 5.92 Å². The third-order valence-corrected chi connectivity index (χ3v) is 9.44. The van der Waals surface area contributed by atoms with Crippen molar-refractivity contribution in [3.05, 3.63) is 129 Å². The maximum absolute atomic E-state index is 13.1. The molecule has 1 atom stereocenters. The monoisotopic (exact) mass is 588 g/mol. The third-order valence-electron chi connectivity index (χ3n) is 8.02. The zero-order valence-corrected chi connectivity index (χ0v) is 23.7. The Labute approximate surface area is 243 Å². The number of allylic oxidation sites excluding steroid dienone is 2. The highest BCUT2D eigenvalue weighted by molar-refractivity contribution is 6.57. The van der Waals surface area contributed by atoms with Crippen molar-refractivity contribution in [2.24, 2.45) is 0 Å². The molecule has 0 amide bonds. The summed E-state index contributed by atoms with van der Waals surface area (Å²) in [5.41, 5.74) is 6.50. The lowest BCUT2D eigenvalue weighted by Gasteiger charge is -2.17. The highest BCUT2D eigenvalue weighted by Gasteiger charge is 2.32. The molecule has 212 valence electrons. The molecule has 6 rings (SSSR count). The minimum atomic E-state index is -4.38. The number of alkyl halides is 6. The average Bonchev–Trinajstić information content (AvgIpc) is 3.53. The van der Waals surface area contributed by atoms with Gasteiger partial charge in [-0.15, -0.1) is 0 Å². The molecule has 0 nitrogen and oxygen atoms in total. The first-order valence-electron chi connectivity index (χ1n) is 13.8. The van der Waals surface area contributed by atoms with Crippen LogP contribution in [0.4, 0.5) is 26.3 Å². The smallest absolute Gasteiger partial charge is 0.166 e. The van der Waals surface area contributed by atoms with Crippen molar-refractivity contribution >= 4 is 21.7 Å². The molecule has 1 unspecified atom stereocenters. The highest BCUT2D eigenvalue weighted by Crippen LogP contribution is 2.45. The summed E-state index contributed by atoms with van der Waals surface area (Å²) in [6, 6.07) is 22.7. The van der Waals surface area contributed by atoms with Crippen LogP contribution in [0.1, 0.15) is 59.1 Å². The predicted molar refractivity (Wildman–Crippen MR) is 157 cm³/mol. The maximum atomic E-state index is 13.1. The van der Waals surface area contributed by atoms with E-state index in [2.05, 4.69) is 31.2 Å². The molecule has 0 spiro atoms. The van der Waals surface area contributed by atoms with Gasteiger partial charge in [0.15, 0.2) is 0 Å². The SMILES string of the molecule is CCCC1C([Si]C2=Cc3c(cccc3-c3ccc(C(F)(F)F)cc3)C2)=Cc2c(-c3ccc(C(F)(F)F)cc3)cccc21. The Morgan fingerprint density at radius 2 is 1.21 bits per heavy atom. The number of hydrogen-bond donors (Lipinski definition) is 0. The second-order valence-electron chi connectivity index (χ2n) is 10.7. The molecule has 0 saturated heterocycles. The van der Waals surface area contributed by atoms with Crippen LogP contribution in [0.3, 0.4) is 0 Å². The van der Waals surface area contributed by atoms with Gasteiger partial charge in [-0.2, -0.15) is 26.3 Å². The summed E-state index contributed by atoms with van der Waals surface area (Å²) in [5, 5.41) is 2.57. The third kappa shape index (κ3) is 5.38. The van der Waals surface area contributed by atoms with E-state index in [1.54, 1.807) is 12.1 Å². The van der Waals surface area contributed by atoms with Gasteiger partial charge in [0.1, 0.15) is 9.52 Å². The van der Waals surface area contributed by atoms with Crippen molar-refractivity contribution < 1.29 is 26.3 Å². The van der Waals surface area contributed by atoms with Gasteiger partial charge in [0.05, 0.1) is 11.1 Å². The summed E-state index contributed by atoms with van der Waals surface area (Å²) >= 11 is 0. The fourth-order valence-electron chi connectivity index (χ4n) is 6.01. The molecule has 42 heavy (non-hydrogen) atoms. The molecule has 0 aromatic heterocycles. The lowest BCUT2D eigenvalue weighted by molar-refractivity contribution is -0.138. The number of benzene rings is 4. The first-order valence-corrected chi connectivity index (χ1v) is 14.8. The fourth-order valence-corrected chi connectivity index (χ4v) is 7.57. The molecule has 7 heteroatoms. The second-order valence-corrected chi connectivity index (χ2v) is 12.2. The summed E-state index contributed by atoms with van der Waals surface area (Å²) in [6.07, 6.45) is -1.60. The minimum Gasteiger partial charge on any atom is -0.166 e. The lowest BCUT2D eigenvalue weighted by Crippen LogP contribution is -2.08. The van der Waals surface area contributed by atoms with E-state index in [1.807, 2.05) is 24.3 Å². The van der Waals surface area contributed by atoms with Crippen LogP contribution in [0.15, 0.2) is 95.3 Å². The van der Waals surface area contributed by atoms with Crippen LogP contribution < -0.4 is 0 Å².